The fourth-order valence-electron chi connectivity index (χ4n) is 2.60. The molecule has 1 aromatic carbocycles. The summed E-state index contributed by atoms with van der Waals surface area (Å²) >= 11 is 6.39. The van der Waals surface area contributed by atoms with Gasteiger partial charge in [0.15, 0.2) is 0 Å². The Bertz CT molecular complexity index is 620. The molecule has 0 spiro atoms. The standard InChI is InChI=1S/C17H17ClN2/c18-17-7-4-13-8-11-19-12-9-15(13)16(17)6-5-14-3-1-2-10-20-14/h1-7,10,19H,8-9,11-12H2/b6-5+. The van der Waals surface area contributed by atoms with Gasteiger partial charge in [-0.1, -0.05) is 29.8 Å². The molecule has 1 N–H and O–H groups in total. The van der Waals surface area contributed by atoms with Crippen molar-refractivity contribution in [1.29, 1.82) is 0 Å². The third kappa shape index (κ3) is 2.92. The summed E-state index contributed by atoms with van der Waals surface area (Å²) in [7, 11) is 0. The first-order chi connectivity index (χ1) is 9.84. The first-order valence-corrected chi connectivity index (χ1v) is 7.32. The molecule has 0 amide bonds. The Hall–Kier alpha value is -1.64. The van der Waals surface area contributed by atoms with Crippen molar-refractivity contribution in [2.75, 3.05) is 13.1 Å². The van der Waals surface area contributed by atoms with Crippen LogP contribution in [-0.4, -0.2) is 18.1 Å². The predicted octanol–water partition coefficient (Wildman–Crippen LogP) is 3.59. The molecule has 1 aromatic heterocycles. The second kappa shape index (κ2) is 6.21. The Morgan fingerprint density at radius 1 is 1.05 bits per heavy atom. The van der Waals surface area contributed by atoms with E-state index in [0.717, 1.165) is 42.2 Å². The molecule has 1 aliphatic heterocycles. The van der Waals surface area contributed by atoms with Gasteiger partial charge in [-0.25, -0.2) is 0 Å². The monoisotopic (exact) mass is 284 g/mol. The fraction of sp³-hybridized carbons (Fsp3) is 0.235. The molecule has 0 fully saturated rings. The predicted molar refractivity (Wildman–Crippen MR) is 84.9 cm³/mol. The van der Waals surface area contributed by atoms with Gasteiger partial charge in [-0.2, -0.15) is 0 Å². The van der Waals surface area contributed by atoms with Crippen molar-refractivity contribution in [2.45, 2.75) is 12.8 Å². The number of hydrogen-bond acceptors (Lipinski definition) is 2. The molecule has 0 aliphatic carbocycles. The van der Waals surface area contributed by atoms with E-state index in [2.05, 4.69) is 22.4 Å². The fourth-order valence-corrected chi connectivity index (χ4v) is 2.84. The lowest BCUT2D eigenvalue weighted by atomic mass is 9.96. The van der Waals surface area contributed by atoms with Gasteiger partial charge in [0.25, 0.3) is 0 Å². The van der Waals surface area contributed by atoms with Crippen LogP contribution in [0.1, 0.15) is 22.4 Å². The van der Waals surface area contributed by atoms with Crippen LogP contribution in [0, 0.1) is 0 Å². The van der Waals surface area contributed by atoms with Gasteiger partial charge in [-0.05, 0) is 66.9 Å². The van der Waals surface area contributed by atoms with Crippen LogP contribution in [0.25, 0.3) is 12.2 Å². The lowest BCUT2D eigenvalue weighted by molar-refractivity contribution is 0.711. The molecule has 0 bridgehead atoms. The Kier molecular flexibility index (Phi) is 4.14. The highest BCUT2D eigenvalue weighted by Crippen LogP contribution is 2.27. The highest BCUT2D eigenvalue weighted by Gasteiger charge is 2.12. The molecule has 2 heterocycles. The molecule has 20 heavy (non-hydrogen) atoms. The van der Waals surface area contributed by atoms with E-state index in [-0.39, 0.29) is 0 Å². The number of pyridine rings is 1. The summed E-state index contributed by atoms with van der Waals surface area (Å²) in [5.74, 6) is 0. The van der Waals surface area contributed by atoms with Crippen LogP contribution in [0.3, 0.4) is 0 Å². The summed E-state index contributed by atoms with van der Waals surface area (Å²) in [5, 5.41) is 4.25. The van der Waals surface area contributed by atoms with E-state index in [4.69, 9.17) is 11.6 Å². The van der Waals surface area contributed by atoms with Crippen LogP contribution in [0.15, 0.2) is 36.5 Å². The Morgan fingerprint density at radius 2 is 1.95 bits per heavy atom. The first kappa shape index (κ1) is 13.3. The van der Waals surface area contributed by atoms with Gasteiger partial charge in [0.1, 0.15) is 0 Å². The second-order valence-electron chi connectivity index (χ2n) is 4.94. The largest absolute Gasteiger partial charge is 0.316 e. The molecule has 3 rings (SSSR count). The molecular weight excluding hydrogens is 268 g/mol. The Labute approximate surface area is 124 Å². The highest BCUT2D eigenvalue weighted by molar-refractivity contribution is 6.32. The van der Waals surface area contributed by atoms with E-state index < -0.39 is 0 Å². The minimum absolute atomic E-state index is 0.817. The number of nitrogens with zero attached hydrogens (tertiary/aromatic N) is 1. The smallest absolute Gasteiger partial charge is 0.0629 e. The molecule has 3 heteroatoms. The molecule has 2 nitrogen and oxygen atoms in total. The van der Waals surface area contributed by atoms with Crippen molar-refractivity contribution in [2.24, 2.45) is 0 Å². The van der Waals surface area contributed by atoms with Crippen LogP contribution in [-0.2, 0) is 12.8 Å². The lowest BCUT2D eigenvalue weighted by Gasteiger charge is -2.11. The molecule has 1 aliphatic rings. The highest BCUT2D eigenvalue weighted by atomic mass is 35.5. The van der Waals surface area contributed by atoms with Gasteiger partial charge in [0.05, 0.1) is 5.69 Å². The minimum atomic E-state index is 0.817. The van der Waals surface area contributed by atoms with Crippen molar-refractivity contribution in [1.82, 2.24) is 10.3 Å². The maximum Gasteiger partial charge on any atom is 0.0629 e. The van der Waals surface area contributed by atoms with Crippen molar-refractivity contribution >= 4 is 23.8 Å². The Balaban J connectivity index is 1.98. The molecule has 0 saturated heterocycles. The number of halogens is 1. The van der Waals surface area contributed by atoms with Gasteiger partial charge < -0.3 is 5.32 Å². The van der Waals surface area contributed by atoms with Crippen molar-refractivity contribution in [3.63, 3.8) is 0 Å². The van der Waals surface area contributed by atoms with Crippen LogP contribution in [0.4, 0.5) is 0 Å². The van der Waals surface area contributed by atoms with E-state index >= 15 is 0 Å². The molecule has 0 saturated carbocycles. The van der Waals surface area contributed by atoms with Crippen LogP contribution < -0.4 is 5.32 Å². The van der Waals surface area contributed by atoms with Crippen molar-refractivity contribution in [3.8, 4) is 0 Å². The average molecular weight is 285 g/mol. The third-order valence-electron chi connectivity index (χ3n) is 3.63. The zero-order valence-electron chi connectivity index (χ0n) is 11.3. The van der Waals surface area contributed by atoms with E-state index in [9.17, 15) is 0 Å². The van der Waals surface area contributed by atoms with Crippen LogP contribution in [0.2, 0.25) is 5.02 Å². The van der Waals surface area contributed by atoms with Gasteiger partial charge in [0, 0.05) is 11.2 Å². The summed E-state index contributed by atoms with van der Waals surface area (Å²) in [5.41, 5.74) is 4.86. The normalized spacial score (nSPS) is 15.1. The minimum Gasteiger partial charge on any atom is -0.316 e. The molecule has 0 atom stereocenters. The zero-order valence-corrected chi connectivity index (χ0v) is 12.0. The van der Waals surface area contributed by atoms with E-state index in [0.29, 0.717) is 0 Å². The number of hydrogen-bond donors (Lipinski definition) is 1. The summed E-state index contributed by atoms with van der Waals surface area (Å²) in [4.78, 5) is 4.31. The molecule has 102 valence electrons. The number of nitrogens with one attached hydrogen (secondary N) is 1. The van der Waals surface area contributed by atoms with Gasteiger partial charge in [-0.3, -0.25) is 4.98 Å². The summed E-state index contributed by atoms with van der Waals surface area (Å²) in [6.45, 7) is 2.05. The maximum absolute atomic E-state index is 6.39. The molecule has 0 unspecified atom stereocenters. The van der Waals surface area contributed by atoms with E-state index in [1.54, 1.807) is 6.20 Å². The van der Waals surface area contributed by atoms with E-state index in [1.807, 2.05) is 30.3 Å². The molecule has 2 aromatic rings. The van der Waals surface area contributed by atoms with Gasteiger partial charge in [0.2, 0.25) is 0 Å². The molecular formula is C17H17ClN2. The number of benzene rings is 1. The summed E-state index contributed by atoms with van der Waals surface area (Å²) in [6, 6.07) is 10.1. The van der Waals surface area contributed by atoms with Crippen molar-refractivity contribution in [3.05, 3.63) is 63.9 Å². The van der Waals surface area contributed by atoms with Gasteiger partial charge in [-0.15, -0.1) is 0 Å². The number of rotatable bonds is 2. The third-order valence-corrected chi connectivity index (χ3v) is 3.96. The first-order valence-electron chi connectivity index (χ1n) is 6.95. The average Bonchev–Trinajstić information content (AvgIpc) is 2.73. The van der Waals surface area contributed by atoms with Gasteiger partial charge >= 0.3 is 0 Å². The molecule has 0 radical (unpaired) electrons. The second-order valence-corrected chi connectivity index (χ2v) is 5.34. The SMILES string of the molecule is Clc1ccc2c(c1/C=C/c1ccccn1)CCNCC2. The quantitative estimate of drug-likeness (QED) is 0.911. The topological polar surface area (TPSA) is 24.9 Å². The Morgan fingerprint density at radius 3 is 2.80 bits per heavy atom. The summed E-state index contributed by atoms with van der Waals surface area (Å²) < 4.78 is 0. The number of fused-ring (bicyclic) bond motifs is 1. The maximum atomic E-state index is 6.39. The zero-order chi connectivity index (χ0) is 13.8. The van der Waals surface area contributed by atoms with Crippen LogP contribution in [0.5, 0.6) is 0 Å². The number of aromatic nitrogens is 1. The van der Waals surface area contributed by atoms with E-state index in [1.165, 1.54) is 11.1 Å². The van der Waals surface area contributed by atoms with Crippen molar-refractivity contribution < 1.29 is 0 Å². The van der Waals surface area contributed by atoms with Crippen LogP contribution >= 0.6 is 11.6 Å². The lowest BCUT2D eigenvalue weighted by Crippen LogP contribution is -2.16. The summed E-state index contributed by atoms with van der Waals surface area (Å²) in [6.07, 6.45) is 8.01.